The van der Waals surface area contributed by atoms with Crippen LogP contribution in [0.25, 0.3) is 0 Å². The first-order valence-electron chi connectivity index (χ1n) is 7.09. The van der Waals surface area contributed by atoms with Gasteiger partial charge in [-0.3, -0.25) is 4.79 Å². The lowest BCUT2D eigenvalue weighted by molar-refractivity contribution is -0.125. The van der Waals surface area contributed by atoms with Gasteiger partial charge in [0.25, 0.3) is 5.91 Å². The predicted octanol–water partition coefficient (Wildman–Crippen LogP) is 1.52. The van der Waals surface area contributed by atoms with E-state index in [2.05, 4.69) is 15.3 Å². The third-order valence-corrected chi connectivity index (χ3v) is 3.04. The van der Waals surface area contributed by atoms with Crippen molar-refractivity contribution in [3.8, 4) is 0 Å². The van der Waals surface area contributed by atoms with E-state index in [1.807, 2.05) is 20.8 Å². The molecule has 21 heavy (non-hydrogen) atoms. The van der Waals surface area contributed by atoms with E-state index in [-0.39, 0.29) is 11.9 Å². The van der Waals surface area contributed by atoms with Crippen molar-refractivity contribution >= 4 is 17.7 Å². The summed E-state index contributed by atoms with van der Waals surface area (Å²) in [6, 6.07) is 0.0311. The Morgan fingerprint density at radius 3 is 2.29 bits per heavy atom. The summed E-state index contributed by atoms with van der Waals surface area (Å²) in [4.78, 5) is 30.0. The van der Waals surface area contributed by atoms with Crippen molar-refractivity contribution in [1.82, 2.24) is 10.2 Å². The summed E-state index contributed by atoms with van der Waals surface area (Å²) in [5.74, 6) is -0.132. The van der Waals surface area contributed by atoms with Gasteiger partial charge >= 0.3 is 6.09 Å². The normalized spacial score (nSPS) is 17.4. The highest BCUT2D eigenvalue weighted by atomic mass is 16.6. The van der Waals surface area contributed by atoms with E-state index in [9.17, 15) is 9.59 Å². The molecule has 0 atom stereocenters. The highest BCUT2D eigenvalue weighted by molar-refractivity contribution is 6.37. The maximum atomic E-state index is 12.0. The fraction of sp³-hybridized carbons (Fsp3) is 0.786. The predicted molar refractivity (Wildman–Crippen MR) is 79.1 cm³/mol. The molecule has 1 fully saturated rings. The van der Waals surface area contributed by atoms with Gasteiger partial charge in [-0.2, -0.15) is 0 Å². The van der Waals surface area contributed by atoms with Gasteiger partial charge in [-0.15, -0.1) is 0 Å². The number of ether oxygens (including phenoxy) is 1. The van der Waals surface area contributed by atoms with Gasteiger partial charge < -0.3 is 19.8 Å². The number of amides is 2. The molecular weight excluding hydrogens is 274 g/mol. The molecule has 0 bridgehead atoms. The first-order valence-corrected chi connectivity index (χ1v) is 7.09. The van der Waals surface area contributed by atoms with Gasteiger partial charge in [0.1, 0.15) is 18.4 Å². The molecule has 0 saturated carbocycles. The summed E-state index contributed by atoms with van der Waals surface area (Å²) in [5.41, 5.74) is -0.176. The Kier molecular flexibility index (Phi) is 5.99. The molecule has 0 radical (unpaired) electrons. The number of nitrogens with zero attached hydrogens (tertiary/aromatic N) is 2. The van der Waals surface area contributed by atoms with E-state index >= 15 is 0 Å². The van der Waals surface area contributed by atoms with Crippen LogP contribution in [0.5, 0.6) is 0 Å². The number of piperidine rings is 1. The molecule has 7 heteroatoms. The number of likely N-dealkylation sites (tertiary alicyclic amines) is 1. The Hall–Kier alpha value is -1.79. The number of nitrogens with one attached hydrogen (secondary N) is 1. The van der Waals surface area contributed by atoms with Crippen LogP contribution < -0.4 is 5.32 Å². The fourth-order valence-corrected chi connectivity index (χ4v) is 2.11. The third kappa shape index (κ3) is 6.01. The van der Waals surface area contributed by atoms with Gasteiger partial charge in [0.15, 0.2) is 0 Å². The molecule has 7 nitrogen and oxygen atoms in total. The summed E-state index contributed by atoms with van der Waals surface area (Å²) >= 11 is 0. The molecule has 120 valence electrons. The van der Waals surface area contributed by atoms with Crippen LogP contribution in [0.4, 0.5) is 4.79 Å². The minimum absolute atomic E-state index is 0.0311. The Bertz CT molecular complexity index is 407. The largest absolute Gasteiger partial charge is 0.444 e. The lowest BCUT2D eigenvalue weighted by Gasteiger charge is -2.32. The van der Waals surface area contributed by atoms with Crippen molar-refractivity contribution in [2.45, 2.75) is 52.2 Å². The molecule has 0 aromatic carbocycles. The average molecular weight is 299 g/mol. The number of hydrogen-bond donors (Lipinski definition) is 1. The third-order valence-electron chi connectivity index (χ3n) is 3.04. The molecule has 1 heterocycles. The van der Waals surface area contributed by atoms with Crippen molar-refractivity contribution in [2.24, 2.45) is 5.16 Å². The van der Waals surface area contributed by atoms with Gasteiger partial charge in [-0.1, -0.05) is 5.16 Å². The number of oxime groups is 1. The van der Waals surface area contributed by atoms with Gasteiger partial charge in [-0.25, -0.2) is 4.79 Å². The van der Waals surface area contributed by atoms with E-state index in [0.29, 0.717) is 31.6 Å². The number of alkyl carbamates (subject to hydrolysis) is 1. The molecule has 0 aromatic heterocycles. The summed E-state index contributed by atoms with van der Waals surface area (Å²) in [6.45, 7) is 8.26. The zero-order chi connectivity index (χ0) is 16.0. The van der Waals surface area contributed by atoms with Crippen LogP contribution in [0, 0.1) is 0 Å². The van der Waals surface area contributed by atoms with E-state index in [4.69, 9.17) is 4.74 Å². The van der Waals surface area contributed by atoms with E-state index in [0.717, 1.165) is 0 Å². The van der Waals surface area contributed by atoms with Crippen molar-refractivity contribution in [2.75, 3.05) is 20.2 Å². The van der Waals surface area contributed by atoms with Crippen LogP contribution in [0.2, 0.25) is 0 Å². The second-order valence-corrected chi connectivity index (χ2v) is 6.07. The summed E-state index contributed by atoms with van der Waals surface area (Å²) in [6.07, 6.45) is 0.987. The molecule has 1 aliphatic heterocycles. The molecule has 1 rings (SSSR count). The molecule has 0 spiro atoms. The second kappa shape index (κ2) is 7.28. The maximum absolute atomic E-state index is 12.0. The molecular formula is C14H25N3O4. The quantitative estimate of drug-likeness (QED) is 0.633. The Labute approximate surface area is 125 Å². The van der Waals surface area contributed by atoms with Gasteiger partial charge in [0, 0.05) is 19.1 Å². The summed E-state index contributed by atoms with van der Waals surface area (Å²) in [5, 5.41) is 6.48. The second-order valence-electron chi connectivity index (χ2n) is 6.07. The highest BCUT2D eigenvalue weighted by Crippen LogP contribution is 2.13. The van der Waals surface area contributed by atoms with Crippen LogP contribution in [0.15, 0.2) is 5.16 Å². The van der Waals surface area contributed by atoms with Crippen LogP contribution in [0.1, 0.15) is 40.5 Å². The smallest absolute Gasteiger partial charge is 0.407 e. The van der Waals surface area contributed by atoms with Gasteiger partial charge in [0.2, 0.25) is 0 Å². The van der Waals surface area contributed by atoms with Crippen LogP contribution in [-0.2, 0) is 14.4 Å². The SMILES string of the molecule is CON=C(C)C(=O)N1CCC(NC(=O)OC(C)(C)C)CC1. The lowest BCUT2D eigenvalue weighted by Crippen LogP contribution is -2.48. The summed E-state index contributed by atoms with van der Waals surface area (Å²) < 4.78 is 5.22. The molecule has 1 saturated heterocycles. The number of hydrogen-bond acceptors (Lipinski definition) is 5. The molecule has 0 unspecified atom stereocenters. The van der Waals surface area contributed by atoms with Crippen molar-refractivity contribution in [1.29, 1.82) is 0 Å². The topological polar surface area (TPSA) is 80.2 Å². The lowest BCUT2D eigenvalue weighted by atomic mass is 10.0. The van der Waals surface area contributed by atoms with Crippen LogP contribution in [0.3, 0.4) is 0 Å². The van der Waals surface area contributed by atoms with E-state index < -0.39 is 11.7 Å². The van der Waals surface area contributed by atoms with E-state index in [1.165, 1.54) is 7.11 Å². The summed E-state index contributed by atoms with van der Waals surface area (Å²) in [7, 11) is 1.41. The molecule has 0 aliphatic carbocycles. The maximum Gasteiger partial charge on any atom is 0.407 e. The monoisotopic (exact) mass is 299 g/mol. The molecule has 1 aliphatic rings. The molecule has 0 aromatic rings. The Morgan fingerprint density at radius 1 is 1.24 bits per heavy atom. The van der Waals surface area contributed by atoms with Crippen LogP contribution in [-0.4, -0.2) is 54.5 Å². The number of carbonyl (C=O) groups excluding carboxylic acids is 2. The molecule has 1 N–H and O–H groups in total. The van der Waals surface area contributed by atoms with Crippen molar-refractivity contribution in [3.05, 3.63) is 0 Å². The van der Waals surface area contributed by atoms with Gasteiger partial charge in [0.05, 0.1) is 0 Å². The first kappa shape index (κ1) is 17.3. The van der Waals surface area contributed by atoms with Crippen LogP contribution >= 0.6 is 0 Å². The van der Waals surface area contributed by atoms with Crippen molar-refractivity contribution in [3.63, 3.8) is 0 Å². The highest BCUT2D eigenvalue weighted by Gasteiger charge is 2.26. The first-order chi connectivity index (χ1) is 9.73. The van der Waals surface area contributed by atoms with Gasteiger partial charge in [-0.05, 0) is 40.5 Å². The zero-order valence-corrected chi connectivity index (χ0v) is 13.4. The fourth-order valence-electron chi connectivity index (χ4n) is 2.11. The Balaban J connectivity index is 2.41. The average Bonchev–Trinajstić information content (AvgIpc) is 2.36. The standard InChI is InChI=1S/C14H25N3O4/c1-10(16-20-5)12(18)17-8-6-11(7-9-17)15-13(19)21-14(2,3)4/h11H,6-9H2,1-5H3,(H,15,19). The number of rotatable bonds is 3. The van der Waals surface area contributed by atoms with E-state index in [1.54, 1.807) is 11.8 Å². The molecule has 2 amide bonds. The zero-order valence-electron chi connectivity index (χ0n) is 13.4. The number of carbonyl (C=O) groups is 2. The minimum Gasteiger partial charge on any atom is -0.444 e. The Morgan fingerprint density at radius 2 is 1.81 bits per heavy atom. The van der Waals surface area contributed by atoms with Crippen molar-refractivity contribution < 1.29 is 19.2 Å². The minimum atomic E-state index is -0.505.